The summed E-state index contributed by atoms with van der Waals surface area (Å²) >= 11 is 0. The lowest BCUT2D eigenvalue weighted by Crippen LogP contribution is -2.30. The van der Waals surface area contributed by atoms with Gasteiger partial charge in [-0.05, 0) is 38.1 Å². The molecule has 0 saturated carbocycles. The van der Waals surface area contributed by atoms with Crippen molar-refractivity contribution in [3.05, 3.63) is 65.7 Å². The van der Waals surface area contributed by atoms with Crippen LogP contribution in [0, 0.1) is 0 Å². The lowest BCUT2D eigenvalue weighted by molar-refractivity contribution is -0.123. The van der Waals surface area contributed by atoms with Crippen LogP contribution in [0.1, 0.15) is 34.6 Å². The van der Waals surface area contributed by atoms with Gasteiger partial charge in [-0.2, -0.15) is 0 Å². The van der Waals surface area contributed by atoms with Gasteiger partial charge in [0.25, 0.3) is 5.91 Å². The summed E-state index contributed by atoms with van der Waals surface area (Å²) in [6.07, 6.45) is -0.955. The summed E-state index contributed by atoms with van der Waals surface area (Å²) in [6, 6.07) is 15.0. The van der Waals surface area contributed by atoms with E-state index in [0.717, 1.165) is 0 Å². The smallest absolute Gasteiger partial charge is 0.338 e. The molecule has 0 aromatic heterocycles. The summed E-state index contributed by atoms with van der Waals surface area (Å²) in [5.74, 6) is -1.12. The molecule has 1 N–H and O–H groups in total. The maximum Gasteiger partial charge on any atom is 0.338 e. The first kappa shape index (κ1) is 16.4. The Morgan fingerprint density at radius 1 is 0.957 bits per heavy atom. The van der Waals surface area contributed by atoms with E-state index in [1.807, 2.05) is 0 Å². The number of hydrogen-bond donors (Lipinski definition) is 1. The number of hydrogen-bond acceptors (Lipinski definition) is 4. The van der Waals surface area contributed by atoms with Crippen LogP contribution in [-0.4, -0.2) is 23.8 Å². The Bertz CT molecular complexity index is 725. The number of rotatable bonds is 5. The molecular formula is C18H17NO4. The Balaban J connectivity index is 1.99. The average Bonchev–Trinajstić information content (AvgIpc) is 2.55. The molecule has 0 aliphatic heterocycles. The van der Waals surface area contributed by atoms with Gasteiger partial charge in [0.2, 0.25) is 0 Å². The van der Waals surface area contributed by atoms with Gasteiger partial charge in [-0.1, -0.05) is 30.3 Å². The van der Waals surface area contributed by atoms with Crippen molar-refractivity contribution in [1.29, 1.82) is 0 Å². The third-order valence-electron chi connectivity index (χ3n) is 3.20. The molecule has 0 spiro atoms. The molecule has 0 unspecified atom stereocenters. The van der Waals surface area contributed by atoms with Gasteiger partial charge in [-0.25, -0.2) is 4.79 Å². The van der Waals surface area contributed by atoms with E-state index >= 15 is 0 Å². The molecule has 2 aromatic carbocycles. The van der Waals surface area contributed by atoms with E-state index in [1.54, 1.807) is 54.6 Å². The van der Waals surface area contributed by atoms with Gasteiger partial charge in [-0.3, -0.25) is 9.59 Å². The van der Waals surface area contributed by atoms with E-state index in [4.69, 9.17) is 4.74 Å². The number of anilines is 1. The quantitative estimate of drug-likeness (QED) is 0.680. The highest BCUT2D eigenvalue weighted by atomic mass is 16.5. The molecule has 0 aliphatic rings. The van der Waals surface area contributed by atoms with Crippen molar-refractivity contribution >= 4 is 23.3 Å². The Kier molecular flexibility index (Phi) is 5.25. The van der Waals surface area contributed by atoms with Gasteiger partial charge in [0.1, 0.15) is 0 Å². The fraction of sp³-hybridized carbons (Fsp3) is 0.167. The molecule has 0 fully saturated rings. The summed E-state index contributed by atoms with van der Waals surface area (Å²) in [7, 11) is 0. The second-order valence-electron chi connectivity index (χ2n) is 5.04. The average molecular weight is 311 g/mol. The van der Waals surface area contributed by atoms with Gasteiger partial charge in [0, 0.05) is 11.3 Å². The van der Waals surface area contributed by atoms with Crippen LogP contribution in [0.4, 0.5) is 5.69 Å². The lowest BCUT2D eigenvalue weighted by Gasteiger charge is -2.14. The van der Waals surface area contributed by atoms with E-state index in [-0.39, 0.29) is 5.78 Å². The number of carbonyl (C=O) groups excluding carboxylic acids is 3. The first-order valence-corrected chi connectivity index (χ1v) is 7.15. The second kappa shape index (κ2) is 7.35. The number of ketones is 1. The fourth-order valence-corrected chi connectivity index (χ4v) is 1.92. The zero-order chi connectivity index (χ0) is 16.8. The zero-order valence-electron chi connectivity index (χ0n) is 12.9. The number of amides is 1. The van der Waals surface area contributed by atoms with Crippen molar-refractivity contribution in [2.75, 3.05) is 5.32 Å². The van der Waals surface area contributed by atoms with E-state index in [9.17, 15) is 14.4 Å². The Morgan fingerprint density at radius 3 is 2.26 bits per heavy atom. The standard InChI is InChI=1S/C18H17NO4/c1-12(20)15-9-6-10-16(11-15)19-17(21)13(2)23-18(22)14-7-4-3-5-8-14/h3-11,13H,1-2H3,(H,19,21)/t13-/m0/s1. The molecule has 5 heteroatoms. The maximum absolute atomic E-state index is 12.1. The SMILES string of the molecule is CC(=O)c1cccc(NC(=O)[C@H](C)OC(=O)c2ccccc2)c1. The van der Waals surface area contributed by atoms with Gasteiger partial charge < -0.3 is 10.1 Å². The Morgan fingerprint density at radius 2 is 1.61 bits per heavy atom. The van der Waals surface area contributed by atoms with Gasteiger partial charge in [-0.15, -0.1) is 0 Å². The van der Waals surface area contributed by atoms with E-state index in [2.05, 4.69) is 5.32 Å². The summed E-state index contributed by atoms with van der Waals surface area (Å²) < 4.78 is 5.13. The molecule has 0 heterocycles. The summed E-state index contributed by atoms with van der Waals surface area (Å²) in [6.45, 7) is 2.94. The van der Waals surface area contributed by atoms with Crippen molar-refractivity contribution in [3.8, 4) is 0 Å². The van der Waals surface area contributed by atoms with Crippen molar-refractivity contribution < 1.29 is 19.1 Å². The highest BCUT2D eigenvalue weighted by Gasteiger charge is 2.19. The van der Waals surface area contributed by atoms with Gasteiger partial charge in [0.05, 0.1) is 5.56 Å². The van der Waals surface area contributed by atoms with Crippen LogP contribution in [0.5, 0.6) is 0 Å². The molecule has 1 amide bonds. The first-order valence-electron chi connectivity index (χ1n) is 7.15. The van der Waals surface area contributed by atoms with E-state index in [1.165, 1.54) is 13.8 Å². The number of Topliss-reactive ketones (excluding diaryl/α,β-unsaturated/α-hetero) is 1. The Labute approximate surface area is 134 Å². The highest BCUT2D eigenvalue weighted by molar-refractivity contribution is 5.99. The molecule has 5 nitrogen and oxygen atoms in total. The molecule has 0 saturated heterocycles. The first-order chi connectivity index (χ1) is 11.0. The maximum atomic E-state index is 12.1. The number of ether oxygens (including phenoxy) is 1. The van der Waals surface area contributed by atoms with Crippen LogP contribution in [-0.2, 0) is 9.53 Å². The monoisotopic (exact) mass is 311 g/mol. The summed E-state index contributed by atoms with van der Waals surface area (Å²) in [4.78, 5) is 35.3. The number of carbonyl (C=O) groups is 3. The Hall–Kier alpha value is -2.95. The van der Waals surface area contributed by atoms with Crippen LogP contribution < -0.4 is 5.32 Å². The van der Waals surface area contributed by atoms with Gasteiger partial charge >= 0.3 is 5.97 Å². The van der Waals surface area contributed by atoms with Gasteiger partial charge in [0.15, 0.2) is 11.9 Å². The molecule has 23 heavy (non-hydrogen) atoms. The molecule has 2 rings (SSSR count). The van der Waals surface area contributed by atoms with Crippen LogP contribution in [0.15, 0.2) is 54.6 Å². The summed E-state index contributed by atoms with van der Waals surface area (Å²) in [5.41, 5.74) is 1.35. The van der Waals surface area contributed by atoms with Crippen molar-refractivity contribution in [3.63, 3.8) is 0 Å². The number of esters is 1. The minimum absolute atomic E-state index is 0.0929. The normalized spacial score (nSPS) is 11.4. The molecule has 2 aromatic rings. The topological polar surface area (TPSA) is 72.5 Å². The highest BCUT2D eigenvalue weighted by Crippen LogP contribution is 2.12. The third kappa shape index (κ3) is 4.51. The largest absolute Gasteiger partial charge is 0.449 e. The molecule has 0 bridgehead atoms. The van der Waals surface area contributed by atoms with E-state index in [0.29, 0.717) is 16.8 Å². The van der Waals surface area contributed by atoms with Crippen LogP contribution >= 0.6 is 0 Å². The van der Waals surface area contributed by atoms with E-state index < -0.39 is 18.0 Å². The predicted molar refractivity (Wildman–Crippen MR) is 86.4 cm³/mol. The number of nitrogens with one attached hydrogen (secondary N) is 1. The fourth-order valence-electron chi connectivity index (χ4n) is 1.92. The molecule has 1 atom stereocenters. The molecule has 0 radical (unpaired) electrons. The second-order valence-corrected chi connectivity index (χ2v) is 5.04. The third-order valence-corrected chi connectivity index (χ3v) is 3.20. The van der Waals surface area contributed by atoms with Crippen LogP contribution in [0.2, 0.25) is 0 Å². The van der Waals surface area contributed by atoms with Crippen LogP contribution in [0.25, 0.3) is 0 Å². The molecule has 0 aliphatic carbocycles. The van der Waals surface area contributed by atoms with Crippen LogP contribution in [0.3, 0.4) is 0 Å². The summed E-state index contributed by atoms with van der Waals surface area (Å²) in [5, 5.41) is 2.63. The zero-order valence-corrected chi connectivity index (χ0v) is 12.9. The minimum Gasteiger partial charge on any atom is -0.449 e. The van der Waals surface area contributed by atoms with Crippen molar-refractivity contribution in [2.24, 2.45) is 0 Å². The predicted octanol–water partition coefficient (Wildman–Crippen LogP) is 3.07. The van der Waals surface area contributed by atoms with Crippen molar-refractivity contribution in [2.45, 2.75) is 20.0 Å². The molecule has 118 valence electrons. The van der Waals surface area contributed by atoms with Crippen molar-refractivity contribution in [1.82, 2.24) is 0 Å². The number of benzene rings is 2. The lowest BCUT2D eigenvalue weighted by atomic mass is 10.1. The minimum atomic E-state index is -0.955. The molecular weight excluding hydrogens is 294 g/mol.